The van der Waals surface area contributed by atoms with Crippen LogP contribution in [0.5, 0.6) is 0 Å². The highest BCUT2D eigenvalue weighted by Gasteiger charge is 2.29. The number of carbonyl (C=O) groups is 1. The lowest BCUT2D eigenvalue weighted by atomic mass is 9.90. The first kappa shape index (κ1) is 21.1. The van der Waals surface area contributed by atoms with Gasteiger partial charge in [-0.15, -0.1) is 0 Å². The van der Waals surface area contributed by atoms with E-state index in [-0.39, 0.29) is 17.9 Å². The van der Waals surface area contributed by atoms with Gasteiger partial charge >= 0.3 is 0 Å². The largest absolute Gasteiger partial charge is 0.378 e. The Morgan fingerprint density at radius 3 is 2.62 bits per heavy atom. The number of aromatic nitrogens is 5. The summed E-state index contributed by atoms with van der Waals surface area (Å²) in [5.41, 5.74) is 5.07. The van der Waals surface area contributed by atoms with E-state index in [2.05, 4.69) is 50.8 Å². The molecule has 170 valence electrons. The molecule has 0 unspecified atom stereocenters. The number of nitrogens with zero attached hydrogens (tertiary/aromatic N) is 4. The Kier molecular flexibility index (Phi) is 5.69. The molecule has 1 saturated heterocycles. The smallest absolute Gasteiger partial charge is 0.272 e. The van der Waals surface area contributed by atoms with Gasteiger partial charge in [0.2, 0.25) is 0 Å². The topological polar surface area (TPSA) is 109 Å². The summed E-state index contributed by atoms with van der Waals surface area (Å²) in [7, 11) is 0. The van der Waals surface area contributed by atoms with Crippen LogP contribution in [-0.2, 0) is 4.74 Å². The molecule has 3 aromatic heterocycles. The molecule has 9 heteroatoms. The fourth-order valence-corrected chi connectivity index (χ4v) is 4.86. The number of amides is 1. The average molecular weight is 438 g/mol. The van der Waals surface area contributed by atoms with Crippen molar-refractivity contribution in [1.82, 2.24) is 35.4 Å². The first-order chi connectivity index (χ1) is 15.5. The minimum Gasteiger partial charge on any atom is -0.378 e. The van der Waals surface area contributed by atoms with Gasteiger partial charge < -0.3 is 15.4 Å². The summed E-state index contributed by atoms with van der Waals surface area (Å²) in [6, 6.07) is 3.27. The Morgan fingerprint density at radius 2 is 1.94 bits per heavy atom. The van der Waals surface area contributed by atoms with Crippen molar-refractivity contribution in [2.75, 3.05) is 13.2 Å². The maximum Gasteiger partial charge on any atom is 0.272 e. The fraction of sp³-hybridized carbons (Fsp3) is 0.565. The molecule has 0 radical (unpaired) electrons. The minimum absolute atomic E-state index is 0.0986. The molecule has 5 rings (SSSR count). The summed E-state index contributed by atoms with van der Waals surface area (Å²) in [6.45, 7) is 7.83. The Morgan fingerprint density at radius 1 is 1.19 bits per heavy atom. The predicted octanol–water partition coefficient (Wildman–Crippen LogP) is 2.58. The molecule has 3 N–H and O–H groups in total. The number of rotatable bonds is 6. The average Bonchev–Trinajstić information content (AvgIpc) is 3.39. The van der Waals surface area contributed by atoms with Gasteiger partial charge in [0.05, 0.1) is 24.9 Å². The Balaban J connectivity index is 1.31. The van der Waals surface area contributed by atoms with Crippen molar-refractivity contribution in [2.24, 2.45) is 0 Å². The van der Waals surface area contributed by atoms with Crippen LogP contribution in [0, 0.1) is 6.92 Å². The summed E-state index contributed by atoms with van der Waals surface area (Å²) in [4.78, 5) is 17.5. The van der Waals surface area contributed by atoms with E-state index < -0.39 is 0 Å². The van der Waals surface area contributed by atoms with Crippen LogP contribution in [0.3, 0.4) is 0 Å². The van der Waals surface area contributed by atoms with Crippen molar-refractivity contribution in [3.63, 3.8) is 0 Å². The summed E-state index contributed by atoms with van der Waals surface area (Å²) in [6.07, 6.45) is 7.58. The van der Waals surface area contributed by atoms with Crippen molar-refractivity contribution in [2.45, 2.75) is 70.5 Å². The molecule has 3 aromatic rings. The van der Waals surface area contributed by atoms with Gasteiger partial charge in [-0.05, 0) is 50.2 Å². The van der Waals surface area contributed by atoms with E-state index in [0.717, 1.165) is 66.9 Å². The second-order valence-electron chi connectivity index (χ2n) is 9.38. The van der Waals surface area contributed by atoms with Crippen LogP contribution in [0.1, 0.15) is 67.1 Å². The molecule has 4 heterocycles. The van der Waals surface area contributed by atoms with Crippen molar-refractivity contribution >= 4 is 11.6 Å². The molecule has 1 aliphatic carbocycles. The SMILES string of the molecule is Cc1cc(-c2[nH]nc(C(=O)N[C@H]3CC[C@H](NC4COC4)CC3)c2C(C)C)cn2ncnc12. The number of nitrogens with one attached hydrogen (secondary N) is 3. The molecule has 1 amide bonds. The van der Waals surface area contributed by atoms with Gasteiger partial charge in [-0.2, -0.15) is 10.2 Å². The van der Waals surface area contributed by atoms with Crippen LogP contribution >= 0.6 is 0 Å². The molecule has 0 bridgehead atoms. The highest BCUT2D eigenvalue weighted by atomic mass is 16.5. The molecule has 1 aliphatic heterocycles. The number of fused-ring (bicyclic) bond motifs is 1. The quantitative estimate of drug-likeness (QED) is 0.547. The third-order valence-corrected chi connectivity index (χ3v) is 6.62. The van der Waals surface area contributed by atoms with Crippen LogP contribution in [0.15, 0.2) is 18.6 Å². The molecular weight excluding hydrogens is 406 g/mol. The second-order valence-corrected chi connectivity index (χ2v) is 9.38. The highest BCUT2D eigenvalue weighted by molar-refractivity contribution is 5.96. The molecule has 2 fully saturated rings. The van der Waals surface area contributed by atoms with E-state index in [1.165, 1.54) is 0 Å². The Hall–Kier alpha value is -2.78. The van der Waals surface area contributed by atoms with Crippen LogP contribution in [0.4, 0.5) is 0 Å². The van der Waals surface area contributed by atoms with Crippen LogP contribution in [0.2, 0.25) is 0 Å². The maximum absolute atomic E-state index is 13.2. The van der Waals surface area contributed by atoms with E-state index >= 15 is 0 Å². The Bertz CT molecular complexity index is 1110. The van der Waals surface area contributed by atoms with Gasteiger partial charge in [0.1, 0.15) is 6.33 Å². The van der Waals surface area contributed by atoms with Crippen LogP contribution in [-0.4, -0.2) is 62.0 Å². The standard InChI is InChI=1S/C23H31N7O2/c1-13(2)19-20(15-8-14(3)22-24-12-25-30(22)9-15)28-29-21(19)23(31)27-17-6-4-16(5-7-17)26-18-10-32-11-18/h8-9,12-13,16-18,26H,4-7,10-11H2,1-3H3,(H,27,31)(H,28,29)/t16-,17-. The summed E-state index contributed by atoms with van der Waals surface area (Å²) in [5.74, 6) is 0.0411. The zero-order valence-corrected chi connectivity index (χ0v) is 18.9. The molecule has 0 aromatic carbocycles. The number of aryl methyl sites for hydroxylation is 1. The maximum atomic E-state index is 13.2. The number of hydrogen-bond donors (Lipinski definition) is 3. The normalized spacial score (nSPS) is 21.8. The van der Waals surface area contributed by atoms with E-state index in [1.54, 1.807) is 10.8 Å². The molecular formula is C23H31N7O2. The van der Waals surface area contributed by atoms with E-state index in [9.17, 15) is 4.79 Å². The van der Waals surface area contributed by atoms with Gasteiger partial charge in [0, 0.05) is 29.4 Å². The molecule has 0 spiro atoms. The molecule has 32 heavy (non-hydrogen) atoms. The number of aromatic amines is 1. The van der Waals surface area contributed by atoms with Crippen molar-refractivity contribution in [1.29, 1.82) is 0 Å². The number of pyridine rings is 1. The Labute approximate surface area is 187 Å². The van der Waals surface area contributed by atoms with E-state index in [0.29, 0.717) is 17.8 Å². The van der Waals surface area contributed by atoms with E-state index in [4.69, 9.17) is 4.74 Å². The lowest BCUT2D eigenvalue weighted by molar-refractivity contribution is -0.0122. The van der Waals surface area contributed by atoms with Crippen molar-refractivity contribution in [3.05, 3.63) is 35.4 Å². The third kappa shape index (κ3) is 4.02. The number of ether oxygens (including phenoxy) is 1. The third-order valence-electron chi connectivity index (χ3n) is 6.62. The zero-order chi connectivity index (χ0) is 22.2. The van der Waals surface area contributed by atoms with E-state index in [1.807, 2.05) is 13.1 Å². The summed E-state index contributed by atoms with van der Waals surface area (Å²) >= 11 is 0. The number of hydrogen-bond acceptors (Lipinski definition) is 6. The van der Waals surface area contributed by atoms with Crippen LogP contribution in [0.25, 0.3) is 16.9 Å². The van der Waals surface area contributed by atoms with Gasteiger partial charge in [-0.25, -0.2) is 9.50 Å². The minimum atomic E-state index is -0.0986. The lowest BCUT2D eigenvalue weighted by Gasteiger charge is -2.35. The lowest BCUT2D eigenvalue weighted by Crippen LogP contribution is -2.52. The van der Waals surface area contributed by atoms with Crippen molar-refractivity contribution < 1.29 is 9.53 Å². The first-order valence-electron chi connectivity index (χ1n) is 11.5. The molecule has 9 nitrogen and oxygen atoms in total. The zero-order valence-electron chi connectivity index (χ0n) is 18.9. The molecule has 2 aliphatic rings. The van der Waals surface area contributed by atoms with Gasteiger partial charge in [0.25, 0.3) is 5.91 Å². The van der Waals surface area contributed by atoms with Crippen molar-refractivity contribution in [3.8, 4) is 11.3 Å². The van der Waals surface area contributed by atoms with Crippen LogP contribution < -0.4 is 10.6 Å². The number of H-pyrrole nitrogens is 1. The highest BCUT2D eigenvalue weighted by Crippen LogP contribution is 2.31. The fourth-order valence-electron chi connectivity index (χ4n) is 4.86. The monoisotopic (exact) mass is 437 g/mol. The second kappa shape index (κ2) is 8.63. The predicted molar refractivity (Wildman–Crippen MR) is 121 cm³/mol. The number of carbonyl (C=O) groups excluding carboxylic acids is 1. The molecule has 0 atom stereocenters. The summed E-state index contributed by atoms with van der Waals surface area (Å²) in [5, 5.41) is 18.7. The summed E-state index contributed by atoms with van der Waals surface area (Å²) < 4.78 is 7.01. The van der Waals surface area contributed by atoms with Gasteiger partial charge in [0.15, 0.2) is 11.3 Å². The molecule has 1 saturated carbocycles. The van der Waals surface area contributed by atoms with Gasteiger partial charge in [-0.3, -0.25) is 9.89 Å². The first-order valence-corrected chi connectivity index (χ1v) is 11.5. The van der Waals surface area contributed by atoms with Gasteiger partial charge in [-0.1, -0.05) is 13.8 Å².